The van der Waals surface area contributed by atoms with E-state index in [1.54, 1.807) is 0 Å². The molecule has 0 spiro atoms. The summed E-state index contributed by atoms with van der Waals surface area (Å²) in [5.41, 5.74) is 10.1. The van der Waals surface area contributed by atoms with Gasteiger partial charge in [-0.15, -0.1) is 0 Å². The number of nitrogens with zero attached hydrogens (tertiary/aromatic N) is 5. The van der Waals surface area contributed by atoms with Crippen LogP contribution in [0.2, 0.25) is 0 Å². The van der Waals surface area contributed by atoms with Gasteiger partial charge in [0.1, 0.15) is 0 Å². The molecule has 0 saturated carbocycles. The van der Waals surface area contributed by atoms with Crippen molar-refractivity contribution in [3.8, 4) is 11.3 Å². The first-order chi connectivity index (χ1) is 17.8. The van der Waals surface area contributed by atoms with Gasteiger partial charge in [-0.25, -0.2) is 9.97 Å². The number of hydrogen-bond acceptors (Lipinski definition) is 5. The van der Waals surface area contributed by atoms with Gasteiger partial charge in [-0.1, -0.05) is 24.3 Å². The molecule has 6 heteroatoms. The minimum atomic E-state index is 0.461. The summed E-state index contributed by atoms with van der Waals surface area (Å²) in [5, 5.41) is 3.53. The van der Waals surface area contributed by atoms with E-state index < -0.39 is 0 Å². The molecular weight excluding hydrogens is 444 g/mol. The monoisotopic (exact) mass is 476 g/mol. The molecule has 182 valence electrons. The Labute approximate surface area is 212 Å². The van der Waals surface area contributed by atoms with Gasteiger partial charge in [-0.2, -0.15) is 0 Å². The molecule has 2 aromatic heterocycles. The Morgan fingerprint density at radius 3 is 2.58 bits per heavy atom. The maximum Gasteiger partial charge on any atom is 0.0961 e. The maximum atomic E-state index is 5.13. The largest absolute Gasteiger partial charge is 0.372 e. The molecule has 1 unspecified atom stereocenters. The van der Waals surface area contributed by atoms with Crippen LogP contribution in [0, 0.1) is 0 Å². The van der Waals surface area contributed by atoms with E-state index in [0.29, 0.717) is 6.04 Å². The average Bonchev–Trinajstić information content (AvgIpc) is 3.58. The second-order valence-electron chi connectivity index (χ2n) is 10.3. The number of fused-ring (bicyclic) bond motifs is 2. The van der Waals surface area contributed by atoms with Crippen LogP contribution in [0.3, 0.4) is 0 Å². The normalized spacial score (nSPS) is 19.9. The second kappa shape index (κ2) is 9.17. The molecule has 1 atom stereocenters. The molecule has 0 amide bonds. The van der Waals surface area contributed by atoms with Gasteiger partial charge in [0.05, 0.1) is 40.6 Å². The zero-order chi connectivity index (χ0) is 23.9. The van der Waals surface area contributed by atoms with Gasteiger partial charge in [0.15, 0.2) is 0 Å². The summed E-state index contributed by atoms with van der Waals surface area (Å²) in [6.07, 6.45) is 13.4. The molecular formula is C30H32N6. The second-order valence-corrected chi connectivity index (χ2v) is 10.3. The summed E-state index contributed by atoms with van der Waals surface area (Å²) in [7, 11) is 0. The first-order valence-corrected chi connectivity index (χ1v) is 13.4. The quantitative estimate of drug-likeness (QED) is 0.428. The van der Waals surface area contributed by atoms with Crippen molar-refractivity contribution in [1.29, 1.82) is 0 Å². The summed E-state index contributed by atoms with van der Waals surface area (Å²) in [6, 6.07) is 15.9. The number of piperidine rings is 2. The van der Waals surface area contributed by atoms with E-state index >= 15 is 0 Å². The van der Waals surface area contributed by atoms with Crippen LogP contribution in [0.1, 0.15) is 55.1 Å². The molecule has 1 aliphatic carbocycles. The third kappa shape index (κ3) is 3.90. The highest BCUT2D eigenvalue weighted by molar-refractivity contribution is 5.88. The maximum absolute atomic E-state index is 5.13. The number of allylic oxidation sites excluding steroid dienone is 1. The number of nitrogens with one attached hydrogen (secondary N) is 1. The highest BCUT2D eigenvalue weighted by Gasteiger charge is 2.22. The lowest BCUT2D eigenvalue weighted by Crippen LogP contribution is -2.31. The number of imidazole rings is 1. The van der Waals surface area contributed by atoms with Gasteiger partial charge in [-0.3, -0.25) is 4.98 Å². The summed E-state index contributed by atoms with van der Waals surface area (Å²) in [5.74, 6) is 0. The highest BCUT2D eigenvalue weighted by atomic mass is 15.1. The zero-order valence-corrected chi connectivity index (χ0v) is 20.7. The molecule has 7 rings (SSSR count). The molecule has 0 radical (unpaired) electrons. The topological polar surface area (TPSA) is 58.9 Å². The van der Waals surface area contributed by atoms with Crippen LogP contribution in [-0.2, 0) is 6.42 Å². The number of anilines is 1. The molecule has 2 aliphatic heterocycles. The number of aromatic nitrogens is 4. The molecule has 4 aromatic rings. The van der Waals surface area contributed by atoms with E-state index in [9.17, 15) is 0 Å². The van der Waals surface area contributed by atoms with Gasteiger partial charge in [0, 0.05) is 48.9 Å². The van der Waals surface area contributed by atoms with Gasteiger partial charge in [0.25, 0.3) is 0 Å². The Morgan fingerprint density at radius 2 is 1.75 bits per heavy atom. The molecule has 2 saturated heterocycles. The Morgan fingerprint density at radius 1 is 0.889 bits per heavy atom. The minimum absolute atomic E-state index is 0.461. The van der Waals surface area contributed by atoms with E-state index in [0.717, 1.165) is 60.8 Å². The first kappa shape index (κ1) is 21.7. The smallest absolute Gasteiger partial charge is 0.0961 e. The Hall–Kier alpha value is -3.51. The van der Waals surface area contributed by atoms with Crippen molar-refractivity contribution in [1.82, 2.24) is 24.8 Å². The minimum Gasteiger partial charge on any atom is -0.372 e. The van der Waals surface area contributed by atoms with Crippen LogP contribution in [-0.4, -0.2) is 45.7 Å². The van der Waals surface area contributed by atoms with E-state index in [1.807, 2.05) is 12.5 Å². The summed E-state index contributed by atoms with van der Waals surface area (Å²) >= 11 is 0. The van der Waals surface area contributed by atoms with E-state index in [-0.39, 0.29) is 0 Å². The third-order valence-electron chi connectivity index (χ3n) is 8.04. The molecule has 6 nitrogen and oxygen atoms in total. The molecule has 4 heterocycles. The molecule has 36 heavy (non-hydrogen) atoms. The van der Waals surface area contributed by atoms with E-state index in [4.69, 9.17) is 9.97 Å². The fourth-order valence-electron chi connectivity index (χ4n) is 6.02. The third-order valence-corrected chi connectivity index (χ3v) is 8.04. The van der Waals surface area contributed by atoms with Crippen LogP contribution in [0.15, 0.2) is 61.1 Å². The standard InChI is InChI=1S/C30H32N6/c1-2-15-35(16-3-1)23-9-6-21(7-10-23)28-19-32-27-13-11-25(30(27)34-28)22-8-12-26-29(17-22)36(20-33-26)24-5-4-14-31-18-24/h6-12,17,19-20,24,31H,1-5,13-16,18H2. The van der Waals surface area contributed by atoms with Crippen LogP contribution >= 0.6 is 0 Å². The molecule has 0 bridgehead atoms. The zero-order valence-electron chi connectivity index (χ0n) is 20.7. The lowest BCUT2D eigenvalue weighted by molar-refractivity contribution is 0.378. The van der Waals surface area contributed by atoms with Crippen molar-refractivity contribution in [2.45, 2.75) is 44.6 Å². The molecule has 1 N–H and O–H groups in total. The van der Waals surface area contributed by atoms with Crippen molar-refractivity contribution >= 4 is 22.3 Å². The van der Waals surface area contributed by atoms with Crippen molar-refractivity contribution in [3.63, 3.8) is 0 Å². The van der Waals surface area contributed by atoms with E-state index in [2.05, 4.69) is 68.3 Å². The summed E-state index contributed by atoms with van der Waals surface area (Å²) in [4.78, 5) is 17.1. The van der Waals surface area contributed by atoms with Gasteiger partial charge < -0.3 is 14.8 Å². The van der Waals surface area contributed by atoms with Gasteiger partial charge >= 0.3 is 0 Å². The SMILES string of the molecule is C1=C(c2ccc3ncn(C4CCCNC4)c3c2)c2nc(-c3ccc(N4CCCCC4)cc3)cnc2C1. The molecule has 2 aromatic carbocycles. The van der Waals surface area contributed by atoms with Crippen LogP contribution in [0.4, 0.5) is 5.69 Å². The summed E-state index contributed by atoms with van der Waals surface area (Å²) in [6.45, 7) is 4.44. The Bertz CT molecular complexity index is 1420. The number of hydrogen-bond donors (Lipinski definition) is 1. The predicted octanol–water partition coefficient (Wildman–Crippen LogP) is 5.40. The van der Waals surface area contributed by atoms with Gasteiger partial charge in [0.2, 0.25) is 0 Å². The van der Waals surface area contributed by atoms with Crippen LogP contribution < -0.4 is 10.2 Å². The highest BCUT2D eigenvalue weighted by Crippen LogP contribution is 2.34. The summed E-state index contributed by atoms with van der Waals surface area (Å²) < 4.78 is 2.35. The lowest BCUT2D eigenvalue weighted by Gasteiger charge is -2.28. The number of benzene rings is 2. The van der Waals surface area contributed by atoms with E-state index in [1.165, 1.54) is 54.4 Å². The number of rotatable bonds is 4. The Kier molecular flexibility index (Phi) is 5.54. The van der Waals surface area contributed by atoms with Crippen LogP contribution in [0.5, 0.6) is 0 Å². The fraction of sp³-hybridized carbons (Fsp3) is 0.367. The van der Waals surface area contributed by atoms with Crippen molar-refractivity contribution in [3.05, 3.63) is 78.0 Å². The van der Waals surface area contributed by atoms with Crippen molar-refractivity contribution in [2.24, 2.45) is 0 Å². The van der Waals surface area contributed by atoms with Crippen molar-refractivity contribution in [2.75, 3.05) is 31.1 Å². The van der Waals surface area contributed by atoms with Crippen molar-refractivity contribution < 1.29 is 0 Å². The van der Waals surface area contributed by atoms with Gasteiger partial charge in [-0.05, 0) is 68.5 Å². The lowest BCUT2D eigenvalue weighted by atomic mass is 10.0. The molecule has 2 fully saturated rings. The Balaban J connectivity index is 1.19. The first-order valence-electron chi connectivity index (χ1n) is 13.4. The molecule has 3 aliphatic rings. The predicted molar refractivity (Wildman–Crippen MR) is 145 cm³/mol. The van der Waals surface area contributed by atoms with Crippen LogP contribution in [0.25, 0.3) is 27.9 Å². The fourth-order valence-corrected chi connectivity index (χ4v) is 6.02. The average molecular weight is 477 g/mol.